The Morgan fingerprint density at radius 1 is 1.27 bits per heavy atom. The maximum atomic E-state index is 12.2. The van der Waals surface area contributed by atoms with Crippen LogP contribution in [-0.4, -0.2) is 29.3 Å². The van der Waals surface area contributed by atoms with Crippen molar-refractivity contribution in [1.29, 1.82) is 0 Å². The molecular formula is C15H15N5O2+. The fourth-order valence-electron chi connectivity index (χ4n) is 2.15. The fourth-order valence-corrected chi connectivity index (χ4v) is 2.15. The first-order chi connectivity index (χ1) is 10.6. The van der Waals surface area contributed by atoms with Crippen molar-refractivity contribution in [3.8, 4) is 0 Å². The molecule has 2 aliphatic rings. The Hall–Kier alpha value is -2.93. The quantitative estimate of drug-likeness (QED) is 0.812. The number of fused-ring (bicyclic) bond motifs is 1. The normalized spacial score (nSPS) is 16.7. The van der Waals surface area contributed by atoms with Gasteiger partial charge in [0.1, 0.15) is 0 Å². The molecule has 0 aliphatic carbocycles. The zero-order valence-corrected chi connectivity index (χ0v) is 12.0. The molecule has 2 amide bonds. The van der Waals surface area contributed by atoms with E-state index in [2.05, 4.69) is 15.7 Å². The molecule has 2 N–H and O–H groups in total. The number of nitrogens with zero attached hydrogens (tertiary/aromatic N) is 3. The highest BCUT2D eigenvalue weighted by Gasteiger charge is 2.35. The van der Waals surface area contributed by atoms with E-state index in [1.807, 2.05) is 30.3 Å². The molecule has 0 aromatic heterocycles. The van der Waals surface area contributed by atoms with Crippen LogP contribution >= 0.6 is 0 Å². The lowest BCUT2D eigenvalue weighted by Gasteiger charge is -2.21. The van der Waals surface area contributed by atoms with Crippen LogP contribution in [0, 0.1) is 0 Å². The Balaban J connectivity index is 1.68. The van der Waals surface area contributed by atoms with Crippen LogP contribution in [-0.2, 0) is 9.59 Å². The molecule has 2 aliphatic heterocycles. The van der Waals surface area contributed by atoms with Crippen molar-refractivity contribution < 1.29 is 9.59 Å². The topological polar surface area (TPSA) is 79.7 Å². The third-order valence-electron chi connectivity index (χ3n) is 3.08. The lowest BCUT2D eigenvalue weighted by atomic mass is 10.3. The number of amidine groups is 1. The van der Waals surface area contributed by atoms with Crippen molar-refractivity contribution >= 4 is 23.3 Å². The first kappa shape index (κ1) is 14.0. The monoisotopic (exact) mass is 297 g/mol. The number of carbonyl (C=O) groups excluding carboxylic acids is 2. The van der Waals surface area contributed by atoms with Gasteiger partial charge in [0.15, 0.2) is 11.9 Å². The molecule has 0 saturated carbocycles. The molecule has 0 saturated heterocycles. The van der Waals surface area contributed by atoms with Gasteiger partial charge in [-0.2, -0.15) is 4.99 Å². The molecule has 1 aromatic rings. The predicted octanol–water partition coefficient (Wildman–Crippen LogP) is 0.857. The molecule has 7 heteroatoms. The van der Waals surface area contributed by atoms with Gasteiger partial charge in [-0.05, 0) is 12.1 Å². The Kier molecular flexibility index (Phi) is 3.71. The Morgan fingerprint density at radius 2 is 2.05 bits per heavy atom. The summed E-state index contributed by atoms with van der Waals surface area (Å²) >= 11 is 0. The van der Waals surface area contributed by atoms with E-state index in [1.54, 1.807) is 28.4 Å². The molecule has 1 radical (unpaired) electrons. The first-order valence-electron chi connectivity index (χ1n) is 6.77. The predicted molar refractivity (Wildman–Crippen MR) is 82.4 cm³/mol. The van der Waals surface area contributed by atoms with E-state index in [0.717, 1.165) is 0 Å². The number of anilines is 1. The van der Waals surface area contributed by atoms with E-state index in [9.17, 15) is 9.59 Å². The summed E-state index contributed by atoms with van der Waals surface area (Å²) in [4.78, 5) is 29.3. The van der Waals surface area contributed by atoms with Crippen LogP contribution in [0.25, 0.3) is 0 Å². The lowest BCUT2D eigenvalue weighted by molar-refractivity contribution is -0.122. The standard InChI is InChI=1S/C15H15N5O2/c1-11(21)18-20-8-7-14-17-13(9-19(14)10-20)15(22)16-12-5-3-2-4-6-12/h2-9H,10H2,1H3,(H,16,22)(H,18,21)/q+1. The van der Waals surface area contributed by atoms with E-state index >= 15 is 0 Å². The van der Waals surface area contributed by atoms with Crippen LogP contribution in [0.15, 0.2) is 59.5 Å². The van der Waals surface area contributed by atoms with Gasteiger partial charge in [-0.1, -0.05) is 23.1 Å². The van der Waals surface area contributed by atoms with Gasteiger partial charge in [0.2, 0.25) is 12.6 Å². The maximum Gasteiger partial charge on any atom is 0.285 e. The van der Waals surface area contributed by atoms with Crippen LogP contribution in [0.3, 0.4) is 0 Å². The van der Waals surface area contributed by atoms with Gasteiger partial charge in [-0.25, -0.2) is 5.01 Å². The molecule has 22 heavy (non-hydrogen) atoms. The maximum absolute atomic E-state index is 12.2. The zero-order valence-electron chi connectivity index (χ0n) is 12.0. The molecule has 0 unspecified atom stereocenters. The Bertz CT molecular complexity index is 693. The molecular weight excluding hydrogens is 282 g/mol. The van der Waals surface area contributed by atoms with Crippen LogP contribution in [0.5, 0.6) is 0 Å². The van der Waals surface area contributed by atoms with Crippen LogP contribution in [0.1, 0.15) is 6.92 Å². The largest absolute Gasteiger partial charge is 0.320 e. The first-order valence-corrected chi connectivity index (χ1v) is 6.77. The van der Waals surface area contributed by atoms with Crippen molar-refractivity contribution in [1.82, 2.24) is 15.3 Å². The number of rotatable bonds is 3. The minimum absolute atomic E-state index is 0.157. The minimum Gasteiger partial charge on any atom is -0.320 e. The summed E-state index contributed by atoms with van der Waals surface area (Å²) in [5.41, 5.74) is 3.70. The summed E-state index contributed by atoms with van der Waals surface area (Å²) < 4.78 is 0. The molecule has 0 fully saturated rings. The van der Waals surface area contributed by atoms with Gasteiger partial charge < -0.3 is 5.32 Å². The third kappa shape index (κ3) is 3.04. The second kappa shape index (κ2) is 5.82. The average molecular weight is 297 g/mol. The SMILES string of the molecule is CC(=O)NN1C=CC2=NC(C(=O)Nc3ccccc3)=C[N+]2C1. The number of nitrogens with one attached hydrogen (secondary N) is 2. The van der Waals surface area contributed by atoms with Crippen molar-refractivity contribution in [2.24, 2.45) is 4.99 Å². The lowest BCUT2D eigenvalue weighted by Crippen LogP contribution is -2.49. The third-order valence-corrected chi connectivity index (χ3v) is 3.08. The second-order valence-corrected chi connectivity index (χ2v) is 4.87. The average Bonchev–Trinajstić information content (AvgIpc) is 2.91. The van der Waals surface area contributed by atoms with Gasteiger partial charge in [0, 0.05) is 24.9 Å². The van der Waals surface area contributed by atoms with E-state index in [-0.39, 0.29) is 11.8 Å². The van der Waals surface area contributed by atoms with Crippen LogP contribution in [0.2, 0.25) is 0 Å². The van der Waals surface area contributed by atoms with Crippen LogP contribution < -0.4 is 15.6 Å². The Labute approximate surface area is 127 Å². The van der Waals surface area contributed by atoms with E-state index in [0.29, 0.717) is 23.9 Å². The molecule has 2 heterocycles. The molecule has 111 valence electrons. The number of para-hydroxylation sites is 1. The van der Waals surface area contributed by atoms with Gasteiger partial charge in [-0.3, -0.25) is 15.0 Å². The second-order valence-electron chi connectivity index (χ2n) is 4.87. The summed E-state index contributed by atoms with van der Waals surface area (Å²) in [6, 6.07) is 9.20. The van der Waals surface area contributed by atoms with Gasteiger partial charge in [0.25, 0.3) is 11.7 Å². The Morgan fingerprint density at radius 3 is 2.77 bits per heavy atom. The summed E-state index contributed by atoms with van der Waals surface area (Å²) in [5, 5.41) is 4.41. The zero-order chi connectivity index (χ0) is 15.5. The molecule has 3 rings (SSSR count). The van der Waals surface area contributed by atoms with Crippen molar-refractivity contribution in [3.05, 3.63) is 54.5 Å². The molecule has 0 atom stereocenters. The van der Waals surface area contributed by atoms with E-state index < -0.39 is 0 Å². The molecule has 0 bridgehead atoms. The van der Waals surface area contributed by atoms with Crippen molar-refractivity contribution in [3.63, 3.8) is 0 Å². The highest BCUT2D eigenvalue weighted by Crippen LogP contribution is 2.16. The van der Waals surface area contributed by atoms with Crippen molar-refractivity contribution in [2.75, 3.05) is 12.0 Å². The summed E-state index contributed by atoms with van der Waals surface area (Å²) in [7, 11) is 0. The van der Waals surface area contributed by atoms with Gasteiger partial charge in [0.05, 0.1) is 0 Å². The number of hydrogen-bond acceptors (Lipinski definition) is 5. The van der Waals surface area contributed by atoms with E-state index in [4.69, 9.17) is 0 Å². The van der Waals surface area contributed by atoms with E-state index in [1.165, 1.54) is 6.92 Å². The van der Waals surface area contributed by atoms with Gasteiger partial charge >= 0.3 is 0 Å². The number of carbonyl (C=O) groups is 2. The molecule has 7 nitrogen and oxygen atoms in total. The number of hydrazine groups is 1. The number of hydrogen-bond donors (Lipinski definition) is 2. The number of aliphatic imine (C=N–C) groups is 1. The minimum atomic E-state index is -0.271. The number of amides is 2. The summed E-state index contributed by atoms with van der Waals surface area (Å²) in [5.74, 6) is 0.239. The summed E-state index contributed by atoms with van der Waals surface area (Å²) in [6.45, 7) is 1.84. The summed E-state index contributed by atoms with van der Waals surface area (Å²) in [6.07, 6.45) is 5.10. The molecule has 1 aromatic carbocycles. The molecule has 0 spiro atoms. The fraction of sp³-hybridized carbons (Fsp3) is 0.133. The smallest absolute Gasteiger partial charge is 0.285 e. The van der Waals surface area contributed by atoms with Crippen molar-refractivity contribution in [2.45, 2.75) is 6.92 Å². The highest BCUT2D eigenvalue weighted by molar-refractivity contribution is 6.10. The highest BCUT2D eigenvalue weighted by atomic mass is 16.2. The van der Waals surface area contributed by atoms with Gasteiger partial charge in [-0.15, -0.1) is 0 Å². The van der Waals surface area contributed by atoms with Crippen LogP contribution in [0.4, 0.5) is 5.69 Å². The number of benzene rings is 1.